The minimum atomic E-state index is -1.08. The fraction of sp³-hybridized carbons (Fsp3) is 0.786. The number of rotatable bonds is 8. The number of carboxylic acids is 1. The van der Waals surface area contributed by atoms with Crippen molar-refractivity contribution in [1.29, 1.82) is 0 Å². The number of amides is 1. The van der Waals surface area contributed by atoms with Crippen LogP contribution in [-0.2, 0) is 14.3 Å². The van der Waals surface area contributed by atoms with Gasteiger partial charge in [-0.15, -0.1) is 0 Å². The number of aliphatic carboxylic acids is 1. The highest BCUT2D eigenvalue weighted by Crippen LogP contribution is 2.09. The Balaban J connectivity index is 4.08. The molecule has 0 aromatic carbocycles. The molecule has 116 valence electrons. The molecule has 0 heterocycles. The monoisotopic (exact) mass is 287 g/mol. The number of unbranched alkanes of at least 4 members (excludes halogenated alkanes) is 2. The van der Waals surface area contributed by atoms with E-state index in [0.717, 1.165) is 12.8 Å². The van der Waals surface area contributed by atoms with Crippen LogP contribution in [0, 0.1) is 0 Å². The summed E-state index contributed by atoms with van der Waals surface area (Å²) in [4.78, 5) is 33.3. The third kappa shape index (κ3) is 10.3. The molecule has 0 aliphatic heterocycles. The number of hydrogen-bond acceptors (Lipinski definition) is 4. The lowest BCUT2D eigenvalue weighted by Crippen LogP contribution is -2.43. The van der Waals surface area contributed by atoms with E-state index in [1.54, 1.807) is 20.8 Å². The molecule has 0 radical (unpaired) electrons. The molecule has 0 spiro atoms. The summed E-state index contributed by atoms with van der Waals surface area (Å²) in [6.07, 6.45) is 2.26. The zero-order valence-corrected chi connectivity index (χ0v) is 12.7. The quantitative estimate of drug-likeness (QED) is 0.669. The molecule has 1 atom stereocenters. The lowest BCUT2D eigenvalue weighted by Gasteiger charge is -2.22. The van der Waals surface area contributed by atoms with E-state index >= 15 is 0 Å². The van der Waals surface area contributed by atoms with Crippen molar-refractivity contribution in [3.05, 3.63) is 0 Å². The highest BCUT2D eigenvalue weighted by atomic mass is 16.6. The molecule has 20 heavy (non-hydrogen) atoms. The van der Waals surface area contributed by atoms with Crippen LogP contribution in [0.5, 0.6) is 0 Å². The molecular weight excluding hydrogens is 262 g/mol. The summed E-state index contributed by atoms with van der Waals surface area (Å²) >= 11 is 0. The molecule has 0 aliphatic rings. The smallest absolute Gasteiger partial charge is 0.408 e. The second kappa shape index (κ2) is 8.55. The zero-order chi connectivity index (χ0) is 15.8. The number of carboxylic acid groups (broad SMARTS) is 1. The van der Waals surface area contributed by atoms with Gasteiger partial charge in [0, 0.05) is 6.42 Å². The van der Waals surface area contributed by atoms with Crippen LogP contribution in [0.4, 0.5) is 4.79 Å². The molecule has 1 amide bonds. The molecule has 0 bridgehead atoms. The van der Waals surface area contributed by atoms with Crippen LogP contribution in [0.2, 0.25) is 0 Å². The molecule has 6 heteroatoms. The second-order valence-electron chi connectivity index (χ2n) is 5.84. The van der Waals surface area contributed by atoms with Gasteiger partial charge in [-0.2, -0.15) is 0 Å². The minimum Gasteiger partial charge on any atom is -0.480 e. The SMILES string of the molecule is CC(=O)CCCCC[C@@H](NC(=O)OC(C)(C)C)C(=O)O. The highest BCUT2D eigenvalue weighted by Gasteiger charge is 2.23. The number of ether oxygens (including phenoxy) is 1. The molecule has 0 aromatic rings. The average molecular weight is 287 g/mol. The largest absolute Gasteiger partial charge is 0.480 e. The van der Waals surface area contributed by atoms with Crippen LogP contribution >= 0.6 is 0 Å². The summed E-state index contributed by atoms with van der Waals surface area (Å²) in [5, 5.41) is 11.4. The second-order valence-corrected chi connectivity index (χ2v) is 5.84. The van der Waals surface area contributed by atoms with Crippen LogP contribution < -0.4 is 5.32 Å². The molecule has 0 aromatic heterocycles. The fourth-order valence-electron chi connectivity index (χ4n) is 1.61. The Bertz CT molecular complexity index is 346. The van der Waals surface area contributed by atoms with Gasteiger partial charge in [0.05, 0.1) is 0 Å². The van der Waals surface area contributed by atoms with Gasteiger partial charge in [0.15, 0.2) is 0 Å². The van der Waals surface area contributed by atoms with E-state index in [4.69, 9.17) is 9.84 Å². The summed E-state index contributed by atoms with van der Waals surface area (Å²) < 4.78 is 5.02. The van der Waals surface area contributed by atoms with Gasteiger partial charge in [0.1, 0.15) is 17.4 Å². The normalized spacial score (nSPS) is 12.6. The Labute approximate surface area is 119 Å². The third-order valence-electron chi connectivity index (χ3n) is 2.51. The maximum Gasteiger partial charge on any atom is 0.408 e. The first-order chi connectivity index (χ1) is 9.11. The van der Waals surface area contributed by atoms with Gasteiger partial charge in [-0.3, -0.25) is 0 Å². The van der Waals surface area contributed by atoms with Crippen molar-refractivity contribution < 1.29 is 24.2 Å². The first-order valence-corrected chi connectivity index (χ1v) is 6.83. The summed E-state index contributed by atoms with van der Waals surface area (Å²) in [6, 6.07) is -0.956. The number of Topliss-reactive ketones (excluding diaryl/α,β-unsaturated/α-hetero) is 1. The number of ketones is 1. The van der Waals surface area contributed by atoms with Crippen LogP contribution in [0.15, 0.2) is 0 Å². The molecule has 6 nitrogen and oxygen atoms in total. The van der Waals surface area contributed by atoms with E-state index < -0.39 is 23.7 Å². The van der Waals surface area contributed by atoms with Gasteiger partial charge < -0.3 is 20.0 Å². The summed E-state index contributed by atoms with van der Waals surface area (Å²) in [5.74, 6) is -0.950. The summed E-state index contributed by atoms with van der Waals surface area (Å²) in [5.41, 5.74) is -0.658. The molecule has 0 rings (SSSR count). The van der Waals surface area contributed by atoms with Gasteiger partial charge in [-0.05, 0) is 40.5 Å². The maximum absolute atomic E-state index is 11.5. The van der Waals surface area contributed by atoms with Crippen molar-refractivity contribution in [1.82, 2.24) is 5.32 Å². The van der Waals surface area contributed by atoms with Gasteiger partial charge in [-0.1, -0.05) is 12.8 Å². The topological polar surface area (TPSA) is 92.7 Å². The van der Waals surface area contributed by atoms with Crippen LogP contribution in [0.25, 0.3) is 0 Å². The minimum absolute atomic E-state index is 0.131. The van der Waals surface area contributed by atoms with Crippen molar-refractivity contribution in [2.45, 2.75) is 71.4 Å². The predicted octanol–water partition coefficient (Wildman–Crippen LogP) is 2.50. The average Bonchev–Trinajstić information content (AvgIpc) is 2.23. The summed E-state index contributed by atoms with van der Waals surface area (Å²) in [6.45, 7) is 6.67. The van der Waals surface area contributed by atoms with Gasteiger partial charge in [0.25, 0.3) is 0 Å². The van der Waals surface area contributed by atoms with Crippen molar-refractivity contribution in [2.24, 2.45) is 0 Å². The van der Waals surface area contributed by atoms with Gasteiger partial charge in [0.2, 0.25) is 0 Å². The highest BCUT2D eigenvalue weighted by molar-refractivity contribution is 5.80. The Hall–Kier alpha value is -1.59. The first kappa shape index (κ1) is 18.4. The lowest BCUT2D eigenvalue weighted by atomic mass is 10.1. The molecule has 2 N–H and O–H groups in total. The van der Waals surface area contributed by atoms with Crippen LogP contribution in [0.3, 0.4) is 0 Å². The van der Waals surface area contributed by atoms with E-state index in [1.807, 2.05) is 0 Å². The molecular formula is C14H25NO5. The Morgan fingerprint density at radius 1 is 1.15 bits per heavy atom. The summed E-state index contributed by atoms with van der Waals surface area (Å²) in [7, 11) is 0. The number of nitrogens with one attached hydrogen (secondary N) is 1. The fourth-order valence-corrected chi connectivity index (χ4v) is 1.61. The van der Waals surface area contributed by atoms with E-state index in [-0.39, 0.29) is 5.78 Å². The first-order valence-electron chi connectivity index (χ1n) is 6.83. The van der Waals surface area contributed by atoms with Crippen molar-refractivity contribution in [2.75, 3.05) is 0 Å². The van der Waals surface area contributed by atoms with Gasteiger partial charge in [-0.25, -0.2) is 9.59 Å². The van der Waals surface area contributed by atoms with Gasteiger partial charge >= 0.3 is 12.1 Å². The Kier molecular flexibility index (Phi) is 7.87. The Morgan fingerprint density at radius 3 is 2.20 bits per heavy atom. The molecule has 0 aliphatic carbocycles. The molecule has 0 fully saturated rings. The van der Waals surface area contributed by atoms with Crippen molar-refractivity contribution in [3.63, 3.8) is 0 Å². The predicted molar refractivity (Wildman–Crippen MR) is 74.6 cm³/mol. The third-order valence-corrected chi connectivity index (χ3v) is 2.51. The lowest BCUT2D eigenvalue weighted by molar-refractivity contribution is -0.139. The van der Waals surface area contributed by atoms with Crippen LogP contribution in [-0.4, -0.2) is 34.6 Å². The number of alkyl carbamates (subject to hydrolysis) is 1. The van der Waals surface area contributed by atoms with Crippen molar-refractivity contribution in [3.8, 4) is 0 Å². The van der Waals surface area contributed by atoms with Crippen LogP contribution in [0.1, 0.15) is 59.8 Å². The van der Waals surface area contributed by atoms with E-state index in [1.165, 1.54) is 6.92 Å². The van der Waals surface area contributed by atoms with Crippen molar-refractivity contribution >= 4 is 17.8 Å². The maximum atomic E-state index is 11.5. The number of carbonyl (C=O) groups is 3. The van der Waals surface area contributed by atoms with E-state index in [2.05, 4.69) is 5.32 Å². The zero-order valence-electron chi connectivity index (χ0n) is 12.7. The number of hydrogen-bond donors (Lipinski definition) is 2. The number of carbonyl (C=O) groups excluding carboxylic acids is 2. The molecule has 0 saturated heterocycles. The molecule has 0 unspecified atom stereocenters. The molecule has 0 saturated carbocycles. The Morgan fingerprint density at radius 2 is 1.75 bits per heavy atom. The standard InChI is InChI=1S/C14H25NO5/c1-10(16)8-6-5-7-9-11(12(17)18)15-13(19)20-14(2,3)4/h11H,5-9H2,1-4H3,(H,15,19)(H,17,18)/t11-/m1/s1. The van der Waals surface area contributed by atoms with E-state index in [9.17, 15) is 14.4 Å². The van der Waals surface area contributed by atoms with E-state index in [0.29, 0.717) is 19.3 Å².